The van der Waals surface area contributed by atoms with E-state index in [-0.39, 0.29) is 17.3 Å². The maximum absolute atomic E-state index is 13.9. The van der Waals surface area contributed by atoms with Gasteiger partial charge in [-0.3, -0.25) is 9.10 Å². The van der Waals surface area contributed by atoms with Crippen LogP contribution in [0, 0.1) is 5.82 Å². The first-order chi connectivity index (χ1) is 14.0. The lowest BCUT2D eigenvalue weighted by molar-refractivity contribution is -0.117. The van der Waals surface area contributed by atoms with Crippen molar-refractivity contribution in [2.45, 2.75) is 11.3 Å². The molecule has 0 saturated carbocycles. The molecule has 0 saturated heterocycles. The summed E-state index contributed by atoms with van der Waals surface area (Å²) in [5.74, 6) is -0.772. The van der Waals surface area contributed by atoms with Crippen LogP contribution in [0.2, 0.25) is 0 Å². The van der Waals surface area contributed by atoms with Crippen LogP contribution in [0.15, 0.2) is 71.6 Å². The second-order valence-electron chi connectivity index (χ2n) is 7.09. The number of para-hydroxylation sites is 1. The largest absolute Gasteiger partial charge is 0.310 e. The van der Waals surface area contributed by atoms with Crippen molar-refractivity contribution in [1.29, 1.82) is 0 Å². The zero-order valence-corrected chi connectivity index (χ0v) is 16.2. The molecule has 2 aliphatic rings. The van der Waals surface area contributed by atoms with E-state index >= 15 is 0 Å². The standard InChI is InChI=1S/C22H17FN2O3S/c23-16-9-10-20-18(13-16)17-6-2-4-8-21(17)29(27,28)25(20)14-22(26)24-12-11-15-5-1-3-7-19(15)24/h1-10,13H,11-12,14H2. The zero-order chi connectivity index (χ0) is 20.2. The van der Waals surface area contributed by atoms with Crippen molar-refractivity contribution in [3.8, 4) is 11.1 Å². The molecular formula is C22H17FN2O3S. The minimum Gasteiger partial charge on any atom is -0.310 e. The van der Waals surface area contributed by atoms with Gasteiger partial charge < -0.3 is 4.90 Å². The lowest BCUT2D eigenvalue weighted by Gasteiger charge is -2.32. The summed E-state index contributed by atoms with van der Waals surface area (Å²) >= 11 is 0. The van der Waals surface area contributed by atoms with Gasteiger partial charge in [0.2, 0.25) is 5.91 Å². The van der Waals surface area contributed by atoms with Crippen molar-refractivity contribution >= 4 is 27.3 Å². The molecule has 0 N–H and O–H groups in total. The molecule has 146 valence electrons. The highest BCUT2D eigenvalue weighted by Crippen LogP contribution is 2.43. The SMILES string of the molecule is O=C(CN1c2ccc(F)cc2-c2ccccc2S1(=O)=O)N1CCc2ccccc21. The van der Waals surface area contributed by atoms with E-state index in [0.29, 0.717) is 23.4 Å². The summed E-state index contributed by atoms with van der Waals surface area (Å²) in [5.41, 5.74) is 3.09. The first-order valence-electron chi connectivity index (χ1n) is 9.27. The fourth-order valence-corrected chi connectivity index (χ4v) is 5.72. The molecule has 0 atom stereocenters. The van der Waals surface area contributed by atoms with E-state index in [2.05, 4.69) is 0 Å². The monoisotopic (exact) mass is 408 g/mol. The van der Waals surface area contributed by atoms with Crippen molar-refractivity contribution in [2.24, 2.45) is 0 Å². The minimum absolute atomic E-state index is 0.0766. The number of nitrogens with zero attached hydrogens (tertiary/aromatic N) is 2. The number of anilines is 2. The molecule has 0 unspecified atom stereocenters. The number of hydrogen-bond donors (Lipinski definition) is 0. The molecule has 2 heterocycles. The Morgan fingerprint density at radius 2 is 1.69 bits per heavy atom. The Hall–Kier alpha value is -3.19. The third-order valence-corrected chi connectivity index (χ3v) is 7.26. The molecule has 5 nitrogen and oxygen atoms in total. The number of sulfonamides is 1. The normalized spacial score (nSPS) is 16.2. The van der Waals surface area contributed by atoms with Gasteiger partial charge >= 0.3 is 0 Å². The number of halogens is 1. The number of carbonyl (C=O) groups is 1. The summed E-state index contributed by atoms with van der Waals surface area (Å²) in [5, 5.41) is 0. The van der Waals surface area contributed by atoms with E-state index in [1.54, 1.807) is 23.1 Å². The maximum atomic E-state index is 13.9. The molecule has 0 aromatic heterocycles. The van der Waals surface area contributed by atoms with Crippen LogP contribution in [-0.2, 0) is 21.2 Å². The van der Waals surface area contributed by atoms with E-state index in [4.69, 9.17) is 0 Å². The Balaban J connectivity index is 1.58. The molecule has 1 amide bonds. The summed E-state index contributed by atoms with van der Waals surface area (Å²) in [6.07, 6.45) is 0.735. The van der Waals surface area contributed by atoms with Gasteiger partial charge in [0.15, 0.2) is 0 Å². The Bertz CT molecular complexity index is 1260. The Kier molecular flexibility index (Phi) is 3.96. The first kappa shape index (κ1) is 17.9. The Labute approximate surface area is 168 Å². The van der Waals surface area contributed by atoms with E-state index < -0.39 is 15.8 Å². The third kappa shape index (κ3) is 2.73. The van der Waals surface area contributed by atoms with Gasteiger partial charge in [-0.1, -0.05) is 36.4 Å². The second kappa shape index (κ2) is 6.42. The predicted molar refractivity (Wildman–Crippen MR) is 109 cm³/mol. The molecule has 29 heavy (non-hydrogen) atoms. The van der Waals surface area contributed by atoms with Gasteiger partial charge in [0.05, 0.1) is 10.6 Å². The van der Waals surface area contributed by atoms with Crippen molar-refractivity contribution in [1.82, 2.24) is 0 Å². The molecule has 3 aromatic rings. The topological polar surface area (TPSA) is 57.7 Å². The molecule has 0 aliphatic carbocycles. The molecule has 0 fully saturated rings. The fraction of sp³-hybridized carbons (Fsp3) is 0.136. The van der Waals surface area contributed by atoms with Crippen LogP contribution < -0.4 is 9.21 Å². The van der Waals surface area contributed by atoms with Crippen LogP contribution in [0.4, 0.5) is 15.8 Å². The maximum Gasteiger partial charge on any atom is 0.265 e. The van der Waals surface area contributed by atoms with Crippen molar-refractivity contribution in [2.75, 3.05) is 22.3 Å². The average Bonchev–Trinajstić information content (AvgIpc) is 3.15. The smallest absolute Gasteiger partial charge is 0.265 e. The number of rotatable bonds is 2. The molecule has 0 spiro atoms. The summed E-state index contributed by atoms with van der Waals surface area (Å²) in [4.78, 5) is 14.8. The molecule has 2 aliphatic heterocycles. The summed E-state index contributed by atoms with van der Waals surface area (Å²) in [7, 11) is -3.95. The van der Waals surface area contributed by atoms with Crippen LogP contribution in [0.1, 0.15) is 5.56 Å². The van der Waals surface area contributed by atoms with Crippen LogP contribution >= 0.6 is 0 Å². The highest BCUT2D eigenvalue weighted by molar-refractivity contribution is 7.93. The highest BCUT2D eigenvalue weighted by Gasteiger charge is 2.37. The van der Waals surface area contributed by atoms with E-state index in [1.165, 1.54) is 24.3 Å². The van der Waals surface area contributed by atoms with Gasteiger partial charge in [-0.2, -0.15) is 0 Å². The van der Waals surface area contributed by atoms with E-state index in [1.807, 2.05) is 24.3 Å². The second-order valence-corrected chi connectivity index (χ2v) is 8.92. The summed E-state index contributed by atoms with van der Waals surface area (Å²) in [6, 6.07) is 18.0. The van der Waals surface area contributed by atoms with Gasteiger partial charge in [-0.15, -0.1) is 0 Å². The number of hydrogen-bond acceptors (Lipinski definition) is 3. The Morgan fingerprint density at radius 1 is 0.931 bits per heavy atom. The Morgan fingerprint density at radius 3 is 2.55 bits per heavy atom. The number of amides is 1. The zero-order valence-electron chi connectivity index (χ0n) is 15.4. The fourth-order valence-electron chi connectivity index (χ4n) is 4.08. The molecule has 0 bridgehead atoms. The third-order valence-electron chi connectivity index (χ3n) is 5.44. The number of carbonyl (C=O) groups excluding carboxylic acids is 1. The lowest BCUT2D eigenvalue weighted by atomic mass is 10.0. The van der Waals surface area contributed by atoms with Crippen molar-refractivity contribution < 1.29 is 17.6 Å². The summed E-state index contributed by atoms with van der Waals surface area (Å²) < 4.78 is 41.6. The van der Waals surface area contributed by atoms with Gasteiger partial charge in [0.1, 0.15) is 12.4 Å². The van der Waals surface area contributed by atoms with E-state index in [9.17, 15) is 17.6 Å². The van der Waals surface area contributed by atoms with Crippen LogP contribution in [0.3, 0.4) is 0 Å². The molecule has 5 rings (SSSR count). The first-order valence-corrected chi connectivity index (χ1v) is 10.7. The lowest BCUT2D eigenvalue weighted by Crippen LogP contribution is -2.44. The van der Waals surface area contributed by atoms with Crippen molar-refractivity contribution in [3.63, 3.8) is 0 Å². The number of fused-ring (bicyclic) bond motifs is 4. The highest BCUT2D eigenvalue weighted by atomic mass is 32.2. The molecule has 7 heteroatoms. The van der Waals surface area contributed by atoms with Crippen LogP contribution in [0.5, 0.6) is 0 Å². The van der Waals surface area contributed by atoms with Gasteiger partial charge in [0.25, 0.3) is 10.0 Å². The number of benzene rings is 3. The van der Waals surface area contributed by atoms with Gasteiger partial charge in [-0.05, 0) is 42.3 Å². The minimum atomic E-state index is -3.95. The predicted octanol–water partition coefficient (Wildman–Crippen LogP) is 3.59. The van der Waals surface area contributed by atoms with Gasteiger partial charge in [0, 0.05) is 23.4 Å². The van der Waals surface area contributed by atoms with Crippen LogP contribution in [-0.4, -0.2) is 27.4 Å². The molecular weight excluding hydrogens is 391 g/mol. The molecule has 0 radical (unpaired) electrons. The molecule has 3 aromatic carbocycles. The van der Waals surface area contributed by atoms with E-state index in [0.717, 1.165) is 22.0 Å². The van der Waals surface area contributed by atoms with Crippen LogP contribution in [0.25, 0.3) is 11.1 Å². The average molecular weight is 408 g/mol. The summed E-state index contributed by atoms with van der Waals surface area (Å²) in [6.45, 7) is 0.169. The quantitative estimate of drug-likeness (QED) is 0.651. The van der Waals surface area contributed by atoms with Gasteiger partial charge in [-0.25, -0.2) is 12.8 Å². The van der Waals surface area contributed by atoms with Crippen molar-refractivity contribution in [3.05, 3.63) is 78.1 Å².